The first-order valence-electron chi connectivity index (χ1n) is 4.66. The zero-order chi connectivity index (χ0) is 11.8. The summed E-state index contributed by atoms with van der Waals surface area (Å²) in [4.78, 5) is 12.8. The Hall–Kier alpha value is -0.260. The first kappa shape index (κ1) is 14.7. The van der Waals surface area contributed by atoms with Gasteiger partial charge in [0.15, 0.2) is 0 Å². The van der Waals surface area contributed by atoms with Crippen molar-refractivity contribution in [3.05, 3.63) is 0 Å². The number of carbonyl (C=O) groups is 1. The fourth-order valence-electron chi connectivity index (χ4n) is 0.976. The number of hydrogen-bond acceptors (Lipinski definition) is 4. The molecule has 84 valence electrons. The molecule has 0 saturated heterocycles. The van der Waals surface area contributed by atoms with Crippen LogP contribution in [0.1, 0.15) is 39.0 Å². The van der Waals surface area contributed by atoms with Crippen LogP contribution in [0.2, 0.25) is 0 Å². The van der Waals surface area contributed by atoms with E-state index in [1.54, 1.807) is 0 Å². The van der Waals surface area contributed by atoms with Gasteiger partial charge in [-0.3, -0.25) is 4.79 Å². The molecule has 0 heterocycles. The molecule has 0 aromatic rings. The van der Waals surface area contributed by atoms with Gasteiger partial charge in [-0.25, -0.2) is 0 Å². The third-order valence-corrected chi connectivity index (χ3v) is 2.75. The predicted molar refractivity (Wildman–Crippen MR) is 74.2 cm³/mol. The Labute approximate surface area is 106 Å². The van der Waals surface area contributed by atoms with Crippen molar-refractivity contribution in [2.45, 2.75) is 39.0 Å². The van der Waals surface area contributed by atoms with Crippen LogP contribution in [-0.2, 0) is 4.79 Å². The number of carboxylic acid groups (broad SMARTS) is 1. The monoisotopic (exact) mass is 262 g/mol. The molecule has 0 radical (unpaired) electrons. The van der Waals surface area contributed by atoms with Crippen molar-refractivity contribution in [2.75, 3.05) is 0 Å². The molecular weight excluding hydrogens is 248 g/mol. The van der Waals surface area contributed by atoms with Crippen LogP contribution in [0.4, 0.5) is 0 Å². The lowest BCUT2D eigenvalue weighted by Crippen LogP contribution is -2.07. The molecule has 0 bridgehead atoms. The van der Waals surface area contributed by atoms with E-state index < -0.39 is 5.97 Å². The smallest absolute Gasteiger partial charge is 0.308 e. The molecule has 0 atom stereocenters. The topological polar surface area (TPSA) is 37.3 Å². The molecule has 0 aliphatic heterocycles. The van der Waals surface area contributed by atoms with Crippen molar-refractivity contribution in [3.8, 4) is 0 Å². The second kappa shape index (κ2) is 7.96. The minimum Gasteiger partial charge on any atom is -0.481 e. The largest absolute Gasteiger partial charge is 0.481 e. The van der Waals surface area contributed by atoms with E-state index in [2.05, 4.69) is 0 Å². The summed E-state index contributed by atoms with van der Waals surface area (Å²) < 4.78 is 0. The van der Waals surface area contributed by atoms with Crippen LogP contribution in [0, 0.1) is 0 Å². The average molecular weight is 262 g/mol. The highest BCUT2D eigenvalue weighted by molar-refractivity contribution is 7.81. The second-order valence-electron chi connectivity index (χ2n) is 3.35. The summed E-state index contributed by atoms with van der Waals surface area (Å²) in [6, 6.07) is 0. The summed E-state index contributed by atoms with van der Waals surface area (Å²) in [5, 5.41) is 8.49. The summed E-state index contributed by atoms with van der Waals surface area (Å²) >= 11 is 15.0. The van der Waals surface area contributed by atoms with E-state index in [-0.39, 0.29) is 6.42 Å². The van der Waals surface area contributed by atoms with Crippen LogP contribution in [0.5, 0.6) is 0 Å². The van der Waals surface area contributed by atoms with Crippen molar-refractivity contribution in [1.82, 2.24) is 0 Å². The van der Waals surface area contributed by atoms with Crippen LogP contribution in [0.15, 0.2) is 0 Å². The molecule has 0 aromatic carbocycles. The first-order chi connectivity index (χ1) is 6.91. The lowest BCUT2D eigenvalue weighted by molar-refractivity contribution is -0.135. The summed E-state index contributed by atoms with van der Waals surface area (Å²) in [6.45, 7) is 1.90. The predicted octanol–water partition coefficient (Wildman–Crippen LogP) is 3.15. The minimum absolute atomic E-state index is 0.0376. The maximum atomic E-state index is 10.3. The standard InChI is InChI=1S/C10H14O2S3/c1-7(13)2-3-8(14)4-5-9(15)6-10(11)12/h2-6H2,1H3,(H,11,12). The zero-order valence-corrected chi connectivity index (χ0v) is 11.1. The molecule has 0 rings (SSSR count). The first-order valence-corrected chi connectivity index (χ1v) is 5.89. The Balaban J connectivity index is 3.66. The molecule has 0 spiro atoms. The number of rotatable bonds is 8. The molecule has 2 nitrogen and oxygen atoms in total. The van der Waals surface area contributed by atoms with Crippen molar-refractivity contribution in [3.63, 3.8) is 0 Å². The maximum Gasteiger partial charge on any atom is 0.308 e. The minimum atomic E-state index is -0.874. The second-order valence-corrected chi connectivity index (χ2v) is 5.20. The average Bonchev–Trinajstić information content (AvgIpc) is 2.10. The Morgan fingerprint density at radius 2 is 1.47 bits per heavy atom. The van der Waals surface area contributed by atoms with E-state index in [9.17, 15) is 4.79 Å². The lowest BCUT2D eigenvalue weighted by atomic mass is 10.1. The van der Waals surface area contributed by atoms with Crippen LogP contribution in [-0.4, -0.2) is 25.7 Å². The van der Waals surface area contributed by atoms with Crippen molar-refractivity contribution >= 4 is 57.2 Å². The third kappa shape index (κ3) is 10.0. The summed E-state index contributed by atoms with van der Waals surface area (Å²) in [6.07, 6.45) is 2.89. The highest BCUT2D eigenvalue weighted by Crippen LogP contribution is 2.05. The van der Waals surface area contributed by atoms with Gasteiger partial charge in [0, 0.05) is 4.86 Å². The molecule has 0 fully saturated rings. The molecule has 0 aliphatic carbocycles. The van der Waals surface area contributed by atoms with Crippen molar-refractivity contribution < 1.29 is 9.90 Å². The quantitative estimate of drug-likeness (QED) is 0.680. The van der Waals surface area contributed by atoms with Gasteiger partial charge in [-0.15, -0.1) is 0 Å². The Kier molecular flexibility index (Phi) is 7.82. The summed E-state index contributed by atoms with van der Waals surface area (Å²) in [7, 11) is 0. The van der Waals surface area contributed by atoms with Crippen molar-refractivity contribution in [2.24, 2.45) is 0 Å². The van der Waals surface area contributed by atoms with Gasteiger partial charge in [-0.1, -0.05) is 36.7 Å². The van der Waals surface area contributed by atoms with Crippen LogP contribution in [0.3, 0.4) is 0 Å². The zero-order valence-electron chi connectivity index (χ0n) is 8.62. The maximum absolute atomic E-state index is 10.3. The van der Waals surface area contributed by atoms with Gasteiger partial charge in [-0.2, -0.15) is 0 Å². The number of carboxylic acids is 1. The molecular formula is C10H14O2S3. The van der Waals surface area contributed by atoms with Gasteiger partial charge in [0.05, 0.1) is 6.42 Å². The molecule has 5 heteroatoms. The van der Waals surface area contributed by atoms with E-state index in [0.29, 0.717) is 17.7 Å². The van der Waals surface area contributed by atoms with E-state index >= 15 is 0 Å². The van der Waals surface area contributed by atoms with Gasteiger partial charge >= 0.3 is 5.97 Å². The molecule has 0 amide bonds. The fraction of sp³-hybridized carbons (Fsp3) is 0.600. The lowest BCUT2D eigenvalue weighted by Gasteiger charge is -2.03. The Morgan fingerprint density at radius 1 is 1.00 bits per heavy atom. The fourth-order valence-corrected chi connectivity index (χ4v) is 1.51. The third-order valence-electron chi connectivity index (χ3n) is 1.79. The van der Waals surface area contributed by atoms with Gasteiger partial charge in [0.1, 0.15) is 0 Å². The Bertz CT molecular complexity index is 284. The molecule has 0 aromatic heterocycles. The van der Waals surface area contributed by atoms with E-state index in [0.717, 1.165) is 22.6 Å². The summed E-state index contributed by atoms with van der Waals surface area (Å²) in [5.41, 5.74) is 0. The molecule has 1 N–H and O–H groups in total. The van der Waals surface area contributed by atoms with Gasteiger partial charge in [0.2, 0.25) is 0 Å². The molecule has 0 aliphatic rings. The molecule has 15 heavy (non-hydrogen) atoms. The molecule has 0 saturated carbocycles. The highest BCUT2D eigenvalue weighted by atomic mass is 32.1. The number of hydrogen-bond donors (Lipinski definition) is 1. The summed E-state index contributed by atoms with van der Waals surface area (Å²) in [5.74, 6) is -0.874. The van der Waals surface area contributed by atoms with Crippen LogP contribution < -0.4 is 0 Å². The highest BCUT2D eigenvalue weighted by Gasteiger charge is 2.05. The van der Waals surface area contributed by atoms with E-state index in [1.807, 2.05) is 6.92 Å². The van der Waals surface area contributed by atoms with Crippen molar-refractivity contribution in [1.29, 1.82) is 0 Å². The van der Waals surface area contributed by atoms with Crippen LogP contribution >= 0.6 is 36.7 Å². The van der Waals surface area contributed by atoms with E-state index in [1.165, 1.54) is 0 Å². The Morgan fingerprint density at radius 3 is 1.93 bits per heavy atom. The van der Waals surface area contributed by atoms with Gasteiger partial charge in [0.25, 0.3) is 0 Å². The van der Waals surface area contributed by atoms with Crippen LogP contribution in [0.25, 0.3) is 0 Å². The number of aliphatic carboxylic acids is 1. The SMILES string of the molecule is CC(=S)CCC(=S)CCC(=S)CC(=O)O. The van der Waals surface area contributed by atoms with Gasteiger partial charge in [-0.05, 0) is 42.3 Å². The molecule has 0 unspecified atom stereocenters. The van der Waals surface area contributed by atoms with Gasteiger partial charge < -0.3 is 5.11 Å². The van der Waals surface area contributed by atoms with E-state index in [4.69, 9.17) is 41.8 Å². The number of thiocarbonyl (C=S) groups is 3. The normalized spacial score (nSPS) is 9.67.